The maximum Gasteiger partial charge on any atom is 0.168 e. The summed E-state index contributed by atoms with van der Waals surface area (Å²) in [6.45, 7) is 7.55. The van der Waals surface area contributed by atoms with Crippen molar-refractivity contribution in [3.8, 4) is 0 Å². The first-order valence-electron chi connectivity index (χ1n) is 6.69. The first-order valence-corrected chi connectivity index (χ1v) is 6.69. The number of tetrazole rings is 1. The minimum Gasteiger partial charge on any atom is -0.307 e. The third-order valence-electron chi connectivity index (χ3n) is 3.41. The fraction of sp³-hybridized carbons (Fsp3) is 0.917. The van der Waals surface area contributed by atoms with Crippen LogP contribution in [0.5, 0.6) is 0 Å². The maximum absolute atomic E-state index is 4.18. The molecule has 1 saturated carbocycles. The summed E-state index contributed by atoms with van der Waals surface area (Å²) in [5, 5.41) is 15.7. The zero-order chi connectivity index (χ0) is 12.3. The first kappa shape index (κ1) is 12.5. The van der Waals surface area contributed by atoms with Crippen LogP contribution in [0.25, 0.3) is 0 Å². The predicted octanol–water partition coefficient (Wildman–Crippen LogP) is 2.09. The molecule has 5 nitrogen and oxygen atoms in total. The van der Waals surface area contributed by atoms with Crippen molar-refractivity contribution in [2.75, 3.05) is 6.54 Å². The number of hydrogen-bond donors (Lipinski definition) is 1. The molecule has 0 radical (unpaired) electrons. The number of hydrogen-bond acceptors (Lipinski definition) is 4. The average Bonchev–Trinajstić information content (AvgIpc) is 2.94. The van der Waals surface area contributed by atoms with Gasteiger partial charge in [0.05, 0.1) is 12.1 Å². The molecule has 1 N–H and O–H groups in total. The van der Waals surface area contributed by atoms with Gasteiger partial charge in [-0.1, -0.05) is 26.7 Å². The van der Waals surface area contributed by atoms with Crippen molar-refractivity contribution in [3.63, 3.8) is 0 Å². The normalized spacial score (nSPS) is 19.1. The largest absolute Gasteiger partial charge is 0.307 e. The highest BCUT2D eigenvalue weighted by atomic mass is 15.6. The molecule has 1 aliphatic rings. The molecular formula is C12H23N5. The van der Waals surface area contributed by atoms with Crippen LogP contribution in [0.3, 0.4) is 0 Å². The molecule has 1 atom stereocenters. The summed E-state index contributed by atoms with van der Waals surface area (Å²) in [5.41, 5.74) is 0. The molecule has 1 aliphatic carbocycles. The van der Waals surface area contributed by atoms with Crippen LogP contribution in [0.1, 0.15) is 64.4 Å². The summed E-state index contributed by atoms with van der Waals surface area (Å²) in [4.78, 5) is 0. The Hall–Kier alpha value is -0.970. The van der Waals surface area contributed by atoms with Crippen LogP contribution in [0.2, 0.25) is 0 Å². The van der Waals surface area contributed by atoms with E-state index in [-0.39, 0.29) is 6.04 Å². The molecule has 1 heterocycles. The van der Waals surface area contributed by atoms with Gasteiger partial charge in [0.1, 0.15) is 0 Å². The van der Waals surface area contributed by atoms with Crippen LogP contribution >= 0.6 is 0 Å². The summed E-state index contributed by atoms with van der Waals surface area (Å²) in [5.74, 6) is 1.63. The Morgan fingerprint density at radius 3 is 2.65 bits per heavy atom. The zero-order valence-corrected chi connectivity index (χ0v) is 11.1. The number of nitrogens with one attached hydrogen (secondary N) is 1. The summed E-state index contributed by atoms with van der Waals surface area (Å²) in [6.07, 6.45) is 5.04. The van der Waals surface area contributed by atoms with Gasteiger partial charge >= 0.3 is 0 Å². The molecule has 0 amide bonds. The van der Waals surface area contributed by atoms with Crippen molar-refractivity contribution >= 4 is 0 Å². The predicted molar refractivity (Wildman–Crippen MR) is 66.6 cm³/mol. The average molecular weight is 237 g/mol. The van der Waals surface area contributed by atoms with Gasteiger partial charge in [-0.25, -0.2) is 4.68 Å². The van der Waals surface area contributed by atoms with Crippen molar-refractivity contribution in [2.24, 2.45) is 5.92 Å². The Labute approximate surface area is 103 Å². The van der Waals surface area contributed by atoms with E-state index in [0.29, 0.717) is 12.0 Å². The minimum absolute atomic E-state index is 0.230. The molecule has 17 heavy (non-hydrogen) atoms. The molecule has 1 aromatic heterocycles. The van der Waals surface area contributed by atoms with Crippen molar-refractivity contribution in [1.82, 2.24) is 25.5 Å². The molecule has 1 fully saturated rings. The Balaban J connectivity index is 2.02. The van der Waals surface area contributed by atoms with Gasteiger partial charge in [0, 0.05) is 0 Å². The zero-order valence-electron chi connectivity index (χ0n) is 11.1. The van der Waals surface area contributed by atoms with Crippen LogP contribution < -0.4 is 5.32 Å². The molecule has 0 aromatic carbocycles. The van der Waals surface area contributed by atoms with Gasteiger partial charge in [0.15, 0.2) is 5.82 Å². The third-order valence-corrected chi connectivity index (χ3v) is 3.41. The SMILES string of the molecule is CC(C)CNC(C)c1nnnn1C1CCCC1. The maximum atomic E-state index is 4.18. The Bertz CT molecular complexity index is 340. The van der Waals surface area contributed by atoms with Gasteiger partial charge in [-0.2, -0.15) is 0 Å². The van der Waals surface area contributed by atoms with Gasteiger partial charge in [-0.05, 0) is 42.7 Å². The van der Waals surface area contributed by atoms with E-state index in [4.69, 9.17) is 0 Å². The highest BCUT2D eigenvalue weighted by Gasteiger charge is 2.23. The van der Waals surface area contributed by atoms with E-state index in [1.54, 1.807) is 0 Å². The van der Waals surface area contributed by atoms with Gasteiger partial charge < -0.3 is 5.32 Å². The lowest BCUT2D eigenvalue weighted by Gasteiger charge is -2.17. The van der Waals surface area contributed by atoms with Crippen molar-refractivity contribution < 1.29 is 0 Å². The molecule has 0 aliphatic heterocycles. The van der Waals surface area contributed by atoms with E-state index in [9.17, 15) is 0 Å². The molecule has 5 heteroatoms. The molecule has 2 rings (SSSR count). The molecule has 0 bridgehead atoms. The van der Waals surface area contributed by atoms with Gasteiger partial charge in [-0.3, -0.25) is 0 Å². The van der Waals surface area contributed by atoms with E-state index in [2.05, 4.69) is 41.6 Å². The molecule has 96 valence electrons. The van der Waals surface area contributed by atoms with Crippen LogP contribution in [-0.4, -0.2) is 26.8 Å². The topological polar surface area (TPSA) is 55.6 Å². The number of nitrogens with zero attached hydrogens (tertiary/aromatic N) is 4. The van der Waals surface area contributed by atoms with Crippen LogP contribution in [-0.2, 0) is 0 Å². The van der Waals surface area contributed by atoms with Crippen molar-refractivity contribution in [1.29, 1.82) is 0 Å². The minimum atomic E-state index is 0.230. The Morgan fingerprint density at radius 2 is 2.00 bits per heavy atom. The lowest BCUT2D eigenvalue weighted by atomic mass is 10.2. The van der Waals surface area contributed by atoms with Crippen LogP contribution in [0.15, 0.2) is 0 Å². The second kappa shape index (κ2) is 5.58. The van der Waals surface area contributed by atoms with E-state index in [1.165, 1.54) is 25.7 Å². The molecule has 1 aromatic rings. The summed E-state index contributed by atoms with van der Waals surface area (Å²) < 4.78 is 2.03. The highest BCUT2D eigenvalue weighted by molar-refractivity contribution is 4.93. The van der Waals surface area contributed by atoms with E-state index >= 15 is 0 Å². The lowest BCUT2D eigenvalue weighted by Crippen LogP contribution is -2.26. The van der Waals surface area contributed by atoms with E-state index in [1.807, 2.05) is 4.68 Å². The molecular weight excluding hydrogens is 214 g/mol. The third kappa shape index (κ3) is 3.03. The highest BCUT2D eigenvalue weighted by Crippen LogP contribution is 2.30. The van der Waals surface area contributed by atoms with E-state index < -0.39 is 0 Å². The summed E-state index contributed by atoms with van der Waals surface area (Å²) in [6, 6.07) is 0.747. The summed E-state index contributed by atoms with van der Waals surface area (Å²) in [7, 11) is 0. The van der Waals surface area contributed by atoms with Crippen molar-refractivity contribution in [3.05, 3.63) is 5.82 Å². The van der Waals surface area contributed by atoms with Gasteiger partial charge in [-0.15, -0.1) is 5.10 Å². The van der Waals surface area contributed by atoms with Gasteiger partial charge in [0.2, 0.25) is 0 Å². The smallest absolute Gasteiger partial charge is 0.168 e. The lowest BCUT2D eigenvalue weighted by molar-refractivity contribution is 0.401. The fourth-order valence-corrected chi connectivity index (χ4v) is 2.40. The van der Waals surface area contributed by atoms with E-state index in [0.717, 1.165) is 12.4 Å². The first-order chi connectivity index (χ1) is 8.18. The number of aromatic nitrogens is 4. The Morgan fingerprint density at radius 1 is 1.29 bits per heavy atom. The molecule has 0 spiro atoms. The second-order valence-corrected chi connectivity index (χ2v) is 5.44. The quantitative estimate of drug-likeness (QED) is 0.852. The number of rotatable bonds is 5. The second-order valence-electron chi connectivity index (χ2n) is 5.44. The van der Waals surface area contributed by atoms with Crippen molar-refractivity contribution in [2.45, 2.75) is 58.5 Å². The fourth-order valence-electron chi connectivity index (χ4n) is 2.40. The molecule has 1 unspecified atom stereocenters. The van der Waals surface area contributed by atoms with Gasteiger partial charge in [0.25, 0.3) is 0 Å². The Kier molecular flexibility index (Phi) is 4.10. The van der Waals surface area contributed by atoms with Crippen LogP contribution in [0.4, 0.5) is 0 Å². The molecule has 0 saturated heterocycles. The van der Waals surface area contributed by atoms with Crippen LogP contribution in [0, 0.1) is 5.92 Å². The summed E-state index contributed by atoms with van der Waals surface area (Å²) >= 11 is 0. The monoisotopic (exact) mass is 237 g/mol. The standard InChI is InChI=1S/C12H23N5/c1-9(2)8-13-10(3)12-14-15-16-17(12)11-6-4-5-7-11/h9-11,13H,4-8H2,1-3H3.